The fourth-order valence-corrected chi connectivity index (χ4v) is 2.54. The van der Waals surface area contributed by atoms with Crippen molar-refractivity contribution in [1.29, 1.82) is 0 Å². The number of aryl methyl sites for hydroxylation is 1. The second kappa shape index (κ2) is 5.01. The lowest BCUT2D eigenvalue weighted by Crippen LogP contribution is -2.25. The first-order valence-corrected chi connectivity index (χ1v) is 6.37. The molecule has 1 aliphatic rings. The molecule has 92 valence electrons. The van der Waals surface area contributed by atoms with Crippen LogP contribution in [0.5, 0.6) is 0 Å². The van der Waals surface area contributed by atoms with E-state index in [0.29, 0.717) is 5.92 Å². The van der Waals surface area contributed by atoms with Gasteiger partial charge in [0.15, 0.2) is 5.78 Å². The van der Waals surface area contributed by atoms with Gasteiger partial charge in [-0.15, -0.1) is 0 Å². The topological polar surface area (TPSA) is 37.3 Å². The van der Waals surface area contributed by atoms with Crippen LogP contribution in [0.1, 0.15) is 42.9 Å². The maximum atomic E-state index is 11.5. The molecule has 0 spiro atoms. The summed E-state index contributed by atoms with van der Waals surface area (Å²) in [4.78, 5) is 11.5. The summed E-state index contributed by atoms with van der Waals surface area (Å²) in [6, 6.07) is 6.62. The number of carbonyl (C=O) groups is 1. The quantitative estimate of drug-likeness (QED) is 0.869. The highest BCUT2D eigenvalue weighted by Crippen LogP contribution is 2.28. The molecular weight excluding hydrogens is 212 g/mol. The van der Waals surface area contributed by atoms with Crippen LogP contribution in [0.3, 0.4) is 0 Å². The Morgan fingerprint density at radius 2 is 2.18 bits per heavy atom. The van der Waals surface area contributed by atoms with Gasteiger partial charge in [-0.1, -0.05) is 32.0 Å². The molecule has 2 heteroatoms. The molecule has 0 saturated carbocycles. The lowest BCUT2D eigenvalue weighted by atomic mass is 9.80. The molecule has 0 fully saturated rings. The van der Waals surface area contributed by atoms with Crippen molar-refractivity contribution in [2.75, 3.05) is 6.61 Å². The molecule has 0 saturated heterocycles. The minimum Gasteiger partial charge on any atom is -0.389 e. The average molecular weight is 232 g/mol. The molecule has 0 aliphatic heterocycles. The predicted molar refractivity (Wildman–Crippen MR) is 68.1 cm³/mol. The predicted octanol–water partition coefficient (Wildman–Crippen LogP) is 2.48. The van der Waals surface area contributed by atoms with Crippen LogP contribution in [-0.4, -0.2) is 17.5 Å². The monoisotopic (exact) mass is 232 g/mol. The highest BCUT2D eigenvalue weighted by molar-refractivity contribution is 5.82. The number of rotatable bonds is 3. The Morgan fingerprint density at radius 1 is 1.41 bits per heavy atom. The molecule has 0 bridgehead atoms. The minimum atomic E-state index is -0.316. The number of fused-ring (bicyclic) bond motifs is 1. The van der Waals surface area contributed by atoms with Crippen LogP contribution < -0.4 is 0 Å². The summed E-state index contributed by atoms with van der Waals surface area (Å²) in [6.45, 7) is 4.05. The molecule has 0 aromatic heterocycles. The molecule has 1 aromatic carbocycles. The first-order valence-electron chi connectivity index (χ1n) is 6.37. The van der Waals surface area contributed by atoms with E-state index < -0.39 is 0 Å². The van der Waals surface area contributed by atoms with E-state index >= 15 is 0 Å². The smallest absolute Gasteiger partial charge is 0.161 e. The number of ketones is 1. The van der Waals surface area contributed by atoms with Crippen LogP contribution in [0.25, 0.3) is 0 Å². The Balaban J connectivity index is 2.23. The molecule has 0 radical (unpaired) electrons. The molecule has 1 unspecified atom stereocenters. The van der Waals surface area contributed by atoms with Crippen LogP contribution in [0.2, 0.25) is 0 Å². The van der Waals surface area contributed by atoms with Crippen molar-refractivity contribution in [3.05, 3.63) is 34.9 Å². The molecule has 0 heterocycles. The van der Waals surface area contributed by atoms with E-state index in [2.05, 4.69) is 32.0 Å². The number of aliphatic hydroxyl groups is 1. The summed E-state index contributed by atoms with van der Waals surface area (Å²) in [6.07, 6.45) is 2.65. The fraction of sp³-hybridized carbons (Fsp3) is 0.533. The van der Waals surface area contributed by atoms with Gasteiger partial charge in [0.05, 0.1) is 0 Å². The second-order valence-electron chi connectivity index (χ2n) is 5.25. The number of hydrogen-bond acceptors (Lipinski definition) is 2. The Kier molecular flexibility index (Phi) is 3.63. The highest BCUT2D eigenvalue weighted by atomic mass is 16.3. The Hall–Kier alpha value is -1.15. The Labute approximate surface area is 103 Å². The van der Waals surface area contributed by atoms with Gasteiger partial charge in [0.25, 0.3) is 0 Å². The third-order valence-corrected chi connectivity index (χ3v) is 3.74. The number of aliphatic hydroxyl groups excluding tert-OH is 1. The fourth-order valence-electron chi connectivity index (χ4n) is 2.54. The van der Waals surface area contributed by atoms with Crippen molar-refractivity contribution in [3.63, 3.8) is 0 Å². The van der Waals surface area contributed by atoms with E-state index in [0.717, 1.165) is 19.3 Å². The second-order valence-corrected chi connectivity index (χ2v) is 5.25. The summed E-state index contributed by atoms with van der Waals surface area (Å²) >= 11 is 0. The van der Waals surface area contributed by atoms with Crippen molar-refractivity contribution in [2.24, 2.45) is 5.92 Å². The van der Waals surface area contributed by atoms with Crippen molar-refractivity contribution in [3.8, 4) is 0 Å². The van der Waals surface area contributed by atoms with E-state index in [1.54, 1.807) is 0 Å². The van der Waals surface area contributed by atoms with Gasteiger partial charge in [-0.2, -0.15) is 0 Å². The number of carbonyl (C=O) groups excluding carboxylic acids is 1. The van der Waals surface area contributed by atoms with Gasteiger partial charge in [-0.3, -0.25) is 4.79 Å². The zero-order valence-corrected chi connectivity index (χ0v) is 10.6. The van der Waals surface area contributed by atoms with Gasteiger partial charge in [0.2, 0.25) is 0 Å². The van der Waals surface area contributed by atoms with Crippen LogP contribution in [-0.2, 0) is 17.6 Å². The zero-order valence-electron chi connectivity index (χ0n) is 10.6. The van der Waals surface area contributed by atoms with Gasteiger partial charge < -0.3 is 5.11 Å². The van der Waals surface area contributed by atoms with Gasteiger partial charge in [0.1, 0.15) is 6.61 Å². The lowest BCUT2D eigenvalue weighted by Gasteiger charge is -2.24. The molecule has 0 amide bonds. The van der Waals surface area contributed by atoms with Crippen molar-refractivity contribution < 1.29 is 9.90 Å². The summed E-state index contributed by atoms with van der Waals surface area (Å²) in [5.74, 6) is 0.537. The maximum Gasteiger partial charge on any atom is 0.161 e. The molecular formula is C15H20O2. The van der Waals surface area contributed by atoms with Gasteiger partial charge in [-0.05, 0) is 41.9 Å². The molecule has 1 atom stereocenters. The number of hydrogen-bond donors (Lipinski definition) is 1. The van der Waals surface area contributed by atoms with E-state index in [9.17, 15) is 4.79 Å². The maximum absolute atomic E-state index is 11.5. The Morgan fingerprint density at radius 3 is 2.82 bits per heavy atom. The third-order valence-electron chi connectivity index (χ3n) is 3.74. The molecule has 1 aliphatic carbocycles. The molecule has 1 N–H and O–H groups in total. The van der Waals surface area contributed by atoms with Crippen molar-refractivity contribution >= 4 is 5.78 Å². The van der Waals surface area contributed by atoms with Crippen molar-refractivity contribution in [1.82, 2.24) is 0 Å². The van der Waals surface area contributed by atoms with Crippen LogP contribution in [0.15, 0.2) is 18.2 Å². The van der Waals surface area contributed by atoms with Gasteiger partial charge in [0, 0.05) is 5.92 Å². The number of Topliss-reactive ketones (excluding diaryl/α,β-unsaturated/α-hetero) is 1. The summed E-state index contributed by atoms with van der Waals surface area (Å²) in [7, 11) is 0. The molecule has 17 heavy (non-hydrogen) atoms. The van der Waals surface area contributed by atoms with Crippen molar-refractivity contribution in [2.45, 2.75) is 39.0 Å². The van der Waals surface area contributed by atoms with E-state index in [-0.39, 0.29) is 18.3 Å². The van der Waals surface area contributed by atoms with Crippen LogP contribution in [0.4, 0.5) is 0 Å². The highest BCUT2D eigenvalue weighted by Gasteiger charge is 2.24. The average Bonchev–Trinajstić information content (AvgIpc) is 2.36. The number of benzene rings is 1. The molecule has 2 nitrogen and oxygen atoms in total. The van der Waals surface area contributed by atoms with E-state index in [4.69, 9.17) is 5.11 Å². The molecule has 1 aromatic rings. The SMILES string of the molecule is CC(C)c1ccc2c(c1)CC(C(=O)CO)CC2. The largest absolute Gasteiger partial charge is 0.389 e. The standard InChI is InChI=1S/C15H20O2/c1-10(2)12-5-3-11-4-6-13(15(17)9-16)8-14(11)7-12/h3,5,7,10,13,16H,4,6,8-9H2,1-2H3. The molecule has 2 rings (SSSR count). The summed E-state index contributed by atoms with van der Waals surface area (Å²) in [5, 5.41) is 8.93. The van der Waals surface area contributed by atoms with Gasteiger partial charge >= 0.3 is 0 Å². The Bertz CT molecular complexity index is 421. The summed E-state index contributed by atoms with van der Waals surface area (Å²) in [5.41, 5.74) is 4.01. The normalized spacial score (nSPS) is 19.2. The van der Waals surface area contributed by atoms with Crippen LogP contribution >= 0.6 is 0 Å². The first-order chi connectivity index (χ1) is 8.11. The first kappa shape index (κ1) is 12.3. The lowest BCUT2D eigenvalue weighted by molar-refractivity contribution is -0.125. The van der Waals surface area contributed by atoms with E-state index in [1.165, 1.54) is 16.7 Å². The van der Waals surface area contributed by atoms with E-state index in [1.807, 2.05) is 0 Å². The van der Waals surface area contributed by atoms with Crippen LogP contribution in [0, 0.1) is 5.92 Å². The zero-order chi connectivity index (χ0) is 12.4. The van der Waals surface area contributed by atoms with Gasteiger partial charge in [-0.25, -0.2) is 0 Å². The summed E-state index contributed by atoms with van der Waals surface area (Å²) < 4.78 is 0. The minimum absolute atomic E-state index is 0.00870. The third kappa shape index (κ3) is 2.58.